The maximum atomic E-state index is 12.5. The van der Waals surface area contributed by atoms with Crippen LogP contribution in [0.5, 0.6) is 23.0 Å². The fourth-order valence-electron chi connectivity index (χ4n) is 8.80. The number of aryl methyl sites for hydroxylation is 2. The van der Waals surface area contributed by atoms with E-state index in [1.807, 2.05) is 36.7 Å². The van der Waals surface area contributed by atoms with E-state index in [0.29, 0.717) is 36.7 Å². The monoisotopic (exact) mass is 903 g/mol. The highest BCUT2D eigenvalue weighted by atomic mass is 16.5. The second-order valence-electron chi connectivity index (χ2n) is 16.9. The van der Waals surface area contributed by atoms with E-state index in [1.54, 1.807) is 74.2 Å². The van der Waals surface area contributed by atoms with Crippen molar-refractivity contribution in [2.45, 2.75) is 90.6 Å². The fraction of sp³-hybridized carbons (Fsp3) is 0.480. The van der Waals surface area contributed by atoms with E-state index in [4.69, 9.17) is 18.9 Å². The maximum absolute atomic E-state index is 12.5. The number of nitrogens with one attached hydrogen (secondary N) is 2. The molecule has 2 saturated heterocycles. The fourth-order valence-corrected chi connectivity index (χ4v) is 8.80. The Morgan fingerprint density at radius 2 is 0.939 bits per heavy atom. The van der Waals surface area contributed by atoms with Gasteiger partial charge in [-0.25, -0.2) is 0 Å². The summed E-state index contributed by atoms with van der Waals surface area (Å²) in [5, 5.41) is 7.29. The Morgan fingerprint density at radius 3 is 1.30 bits per heavy atom. The van der Waals surface area contributed by atoms with Crippen molar-refractivity contribution >= 4 is 22.1 Å². The average Bonchev–Trinajstić information content (AvgIpc) is 3.37. The van der Waals surface area contributed by atoms with Crippen molar-refractivity contribution in [2.24, 2.45) is 0 Å². The molecule has 0 atom stereocenters. The molecule has 0 amide bonds. The van der Waals surface area contributed by atoms with Gasteiger partial charge in [-0.2, -0.15) is 0 Å². The molecule has 16 nitrogen and oxygen atoms in total. The van der Waals surface area contributed by atoms with E-state index < -0.39 is 0 Å². The predicted molar refractivity (Wildman–Crippen MR) is 258 cm³/mol. The lowest BCUT2D eigenvalue weighted by molar-refractivity contribution is 0.191. The van der Waals surface area contributed by atoms with Gasteiger partial charge in [0.15, 0.2) is 0 Å². The number of ether oxygens (including phenoxy) is 4. The molecule has 2 aliphatic rings. The molecular weight excluding hydrogens is 837 g/mol. The molecule has 2 aliphatic heterocycles. The number of pyridine rings is 6. The van der Waals surface area contributed by atoms with Crippen molar-refractivity contribution in [3.63, 3.8) is 0 Å². The zero-order valence-corrected chi connectivity index (χ0v) is 39.4. The highest BCUT2D eigenvalue weighted by Crippen LogP contribution is 2.22. The van der Waals surface area contributed by atoms with Crippen molar-refractivity contribution in [1.29, 1.82) is 0 Å². The summed E-state index contributed by atoms with van der Waals surface area (Å²) in [4.78, 5) is 47.8. The minimum Gasteiger partial charge on any atom is -0.496 e. The molecule has 0 saturated carbocycles. The molecule has 16 heteroatoms. The normalized spacial score (nSPS) is 15.1. The zero-order valence-electron chi connectivity index (χ0n) is 39.4. The van der Waals surface area contributed by atoms with Crippen LogP contribution in [0.15, 0.2) is 82.9 Å². The van der Waals surface area contributed by atoms with Crippen molar-refractivity contribution in [1.82, 2.24) is 49.5 Å². The Kier molecular flexibility index (Phi) is 17.1. The van der Waals surface area contributed by atoms with Gasteiger partial charge in [-0.15, -0.1) is 0 Å². The molecule has 0 aliphatic carbocycles. The summed E-state index contributed by atoms with van der Waals surface area (Å²) in [5.41, 5.74) is 7.49. The average molecular weight is 903 g/mol. The van der Waals surface area contributed by atoms with Crippen molar-refractivity contribution in [3.05, 3.63) is 117 Å². The lowest BCUT2D eigenvalue weighted by atomic mass is 10.0. The maximum Gasteiger partial charge on any atom is 0.251 e. The summed E-state index contributed by atoms with van der Waals surface area (Å²) in [6.45, 7) is 12.7. The molecule has 2 fully saturated rings. The number of methoxy groups -OCH3 is 4. The Hall–Kier alpha value is -5.94. The molecule has 6 aromatic rings. The van der Waals surface area contributed by atoms with Gasteiger partial charge in [0, 0.05) is 111 Å². The number of piperidine rings is 2. The summed E-state index contributed by atoms with van der Waals surface area (Å²) < 4.78 is 25.2. The lowest BCUT2D eigenvalue weighted by Gasteiger charge is -2.32. The van der Waals surface area contributed by atoms with Crippen LogP contribution in [0.2, 0.25) is 0 Å². The molecule has 352 valence electrons. The molecule has 6 aromatic heterocycles. The van der Waals surface area contributed by atoms with Crippen LogP contribution in [0.1, 0.15) is 62.0 Å². The molecule has 0 unspecified atom stereocenters. The van der Waals surface area contributed by atoms with E-state index in [-0.39, 0.29) is 11.1 Å². The third-order valence-corrected chi connectivity index (χ3v) is 12.9. The van der Waals surface area contributed by atoms with E-state index in [9.17, 15) is 9.59 Å². The summed E-state index contributed by atoms with van der Waals surface area (Å²) in [6, 6.07) is 15.5. The molecule has 0 bridgehead atoms. The molecule has 2 N–H and O–H groups in total. The quantitative estimate of drug-likeness (QED) is 0.115. The molecule has 8 rings (SSSR count). The van der Waals surface area contributed by atoms with Gasteiger partial charge in [0.1, 0.15) is 23.0 Å². The summed E-state index contributed by atoms with van der Waals surface area (Å²) in [5.74, 6) is 3.14. The van der Waals surface area contributed by atoms with Gasteiger partial charge in [0.25, 0.3) is 11.1 Å². The Balaban J connectivity index is 0.000000196. The molecule has 0 radical (unpaired) electrons. The van der Waals surface area contributed by atoms with Gasteiger partial charge in [-0.05, 0) is 76.8 Å². The second kappa shape index (κ2) is 23.5. The topological polar surface area (TPSA) is 163 Å². The van der Waals surface area contributed by atoms with Crippen LogP contribution in [0.25, 0.3) is 22.1 Å². The van der Waals surface area contributed by atoms with E-state index in [1.165, 1.54) is 0 Å². The van der Waals surface area contributed by atoms with Crippen molar-refractivity contribution in [2.75, 3.05) is 67.7 Å². The standard InChI is InChI=1S/2C25H33N5O3/c2*1-4-18-15-26-20(13-24(18)33-3)16-27-19-7-9-29(10-8-19)11-12-30-23-14-21(32-2)17-28-22(23)5-6-25(30)31/h2*5-6,13-15,17,19,27H,4,7-12,16H2,1-3H3. The number of aromatic nitrogens is 6. The first-order valence-electron chi connectivity index (χ1n) is 23.2. The molecule has 8 heterocycles. The number of hydrogen-bond acceptors (Lipinski definition) is 14. The lowest BCUT2D eigenvalue weighted by Crippen LogP contribution is -2.43. The Bertz CT molecular complexity index is 2460. The van der Waals surface area contributed by atoms with Crippen LogP contribution in [0.4, 0.5) is 0 Å². The van der Waals surface area contributed by atoms with E-state index in [0.717, 1.165) is 147 Å². The first kappa shape index (κ1) is 48.0. The predicted octanol–water partition coefficient (Wildman–Crippen LogP) is 5.25. The van der Waals surface area contributed by atoms with Gasteiger partial charge in [0.2, 0.25) is 0 Å². The van der Waals surface area contributed by atoms with Crippen molar-refractivity contribution in [3.8, 4) is 23.0 Å². The molecule has 66 heavy (non-hydrogen) atoms. The van der Waals surface area contributed by atoms with Gasteiger partial charge in [-0.1, -0.05) is 13.8 Å². The Labute approximate surface area is 387 Å². The summed E-state index contributed by atoms with van der Waals surface area (Å²) in [6.07, 6.45) is 13.3. The largest absolute Gasteiger partial charge is 0.496 e. The van der Waals surface area contributed by atoms with E-state index >= 15 is 0 Å². The first-order chi connectivity index (χ1) is 32.2. The third-order valence-electron chi connectivity index (χ3n) is 12.9. The summed E-state index contributed by atoms with van der Waals surface area (Å²) >= 11 is 0. The second-order valence-corrected chi connectivity index (χ2v) is 16.9. The number of nitrogens with zero attached hydrogens (tertiary/aromatic N) is 8. The SMILES string of the molecule is CCc1cnc(CNC2CCN(CCn3c(=O)ccc4ncc(OC)cc43)CC2)cc1OC.CCc1cnc(CNC2CCN(CCn3c(=O)ccc4ncc(OC)cc43)CC2)cc1OC. The van der Waals surface area contributed by atoms with Gasteiger partial charge >= 0.3 is 0 Å². The summed E-state index contributed by atoms with van der Waals surface area (Å²) in [7, 11) is 6.64. The smallest absolute Gasteiger partial charge is 0.251 e. The highest BCUT2D eigenvalue weighted by Gasteiger charge is 2.21. The molecular formula is C50H66N10O6. The first-order valence-corrected chi connectivity index (χ1v) is 23.2. The van der Waals surface area contributed by atoms with Crippen LogP contribution in [-0.4, -0.2) is 119 Å². The number of fused-ring (bicyclic) bond motifs is 2. The van der Waals surface area contributed by atoms with Crippen LogP contribution in [0, 0.1) is 0 Å². The van der Waals surface area contributed by atoms with Crippen LogP contribution in [0.3, 0.4) is 0 Å². The molecule has 0 spiro atoms. The number of hydrogen-bond donors (Lipinski definition) is 2. The number of likely N-dealkylation sites (tertiary alicyclic amines) is 2. The minimum atomic E-state index is -0.00822. The Morgan fingerprint density at radius 1 is 0.530 bits per heavy atom. The third kappa shape index (κ3) is 12.3. The highest BCUT2D eigenvalue weighted by molar-refractivity contribution is 5.76. The van der Waals surface area contributed by atoms with Crippen LogP contribution < -0.4 is 40.7 Å². The van der Waals surface area contributed by atoms with Gasteiger partial charge in [0.05, 0.1) is 74.3 Å². The molecule has 0 aromatic carbocycles. The zero-order chi connectivity index (χ0) is 46.4. The number of rotatable bonds is 18. The van der Waals surface area contributed by atoms with Crippen LogP contribution in [-0.2, 0) is 39.0 Å². The van der Waals surface area contributed by atoms with Crippen LogP contribution >= 0.6 is 0 Å². The van der Waals surface area contributed by atoms with E-state index in [2.05, 4.69) is 54.2 Å². The minimum absolute atomic E-state index is 0.00822. The van der Waals surface area contributed by atoms with Crippen molar-refractivity contribution < 1.29 is 18.9 Å². The van der Waals surface area contributed by atoms with Gasteiger partial charge in [-0.3, -0.25) is 29.5 Å². The van der Waals surface area contributed by atoms with Gasteiger partial charge < -0.3 is 48.5 Å².